The first-order chi connectivity index (χ1) is 13.3. The van der Waals surface area contributed by atoms with E-state index in [9.17, 15) is 25.1 Å². The summed E-state index contributed by atoms with van der Waals surface area (Å²) in [6.45, 7) is 1.11. The minimum atomic E-state index is -0.770. The van der Waals surface area contributed by atoms with Crippen LogP contribution in [-0.4, -0.2) is 62.9 Å². The molecule has 4 rings (SSSR count). The average molecular weight is 386 g/mol. The lowest BCUT2D eigenvalue weighted by Gasteiger charge is -2.46. The van der Waals surface area contributed by atoms with Gasteiger partial charge in [0.2, 0.25) is 0 Å². The minimum Gasteiger partial charge on any atom is -0.389 e. The maximum atomic E-state index is 12.0. The number of hydrogen-bond acceptors (Lipinski definition) is 9. The van der Waals surface area contributed by atoms with Gasteiger partial charge >= 0.3 is 0 Å². The molecule has 0 spiro atoms. The van der Waals surface area contributed by atoms with Gasteiger partial charge in [-0.2, -0.15) is 0 Å². The van der Waals surface area contributed by atoms with Gasteiger partial charge in [0.25, 0.3) is 11.6 Å². The number of rotatable bonds is 5. The highest BCUT2D eigenvalue weighted by Gasteiger charge is 2.42. The number of carbonyl (C=O) groups excluding carboxylic acids is 1. The van der Waals surface area contributed by atoms with E-state index in [1.165, 1.54) is 12.1 Å². The molecule has 0 aromatic carbocycles. The number of nitrogens with zero attached hydrogens (tertiary/aromatic N) is 5. The van der Waals surface area contributed by atoms with E-state index in [4.69, 9.17) is 5.73 Å². The number of anilines is 2. The van der Waals surface area contributed by atoms with Crippen LogP contribution in [0.2, 0.25) is 0 Å². The molecule has 28 heavy (non-hydrogen) atoms. The second-order valence-corrected chi connectivity index (χ2v) is 6.83. The second kappa shape index (κ2) is 6.69. The van der Waals surface area contributed by atoms with Gasteiger partial charge in [0.15, 0.2) is 0 Å². The van der Waals surface area contributed by atoms with Gasteiger partial charge in [-0.25, -0.2) is 9.97 Å². The second-order valence-electron chi connectivity index (χ2n) is 6.83. The molecule has 11 nitrogen and oxygen atoms in total. The molecule has 2 fully saturated rings. The molecule has 2 aromatic rings. The standard InChI is InChI=1S/C17H18N6O5/c18-17(26)15-11(2-4-14(20-15)21-6-10(24)7-21)16-12(25)8-22(16)13-3-1-9(5-19-13)23(27)28/h1-5,10,12,16,24-25H,6-8H2,(H2,18,26). The molecule has 2 aliphatic rings. The zero-order valence-electron chi connectivity index (χ0n) is 14.7. The van der Waals surface area contributed by atoms with Crippen molar-refractivity contribution in [1.29, 1.82) is 0 Å². The molecule has 0 bridgehead atoms. The third kappa shape index (κ3) is 3.00. The Hall–Kier alpha value is -3.31. The summed E-state index contributed by atoms with van der Waals surface area (Å²) in [5, 5.41) is 30.6. The maximum Gasteiger partial charge on any atom is 0.287 e. The van der Waals surface area contributed by atoms with E-state index in [-0.39, 0.29) is 17.9 Å². The topological polar surface area (TPSA) is 159 Å². The molecule has 2 atom stereocenters. The monoisotopic (exact) mass is 386 g/mol. The van der Waals surface area contributed by atoms with E-state index in [2.05, 4.69) is 9.97 Å². The van der Waals surface area contributed by atoms with Crippen molar-refractivity contribution in [2.75, 3.05) is 29.4 Å². The molecule has 146 valence electrons. The Morgan fingerprint density at radius 1 is 1.18 bits per heavy atom. The van der Waals surface area contributed by atoms with E-state index in [1.807, 2.05) is 4.90 Å². The van der Waals surface area contributed by atoms with Gasteiger partial charge in [-0.1, -0.05) is 6.07 Å². The largest absolute Gasteiger partial charge is 0.389 e. The lowest BCUT2D eigenvalue weighted by molar-refractivity contribution is -0.385. The number of aliphatic hydroxyl groups excluding tert-OH is 2. The van der Waals surface area contributed by atoms with Crippen molar-refractivity contribution < 1.29 is 19.9 Å². The summed E-state index contributed by atoms with van der Waals surface area (Å²) in [5.41, 5.74) is 5.86. The van der Waals surface area contributed by atoms with E-state index in [0.717, 1.165) is 6.20 Å². The van der Waals surface area contributed by atoms with E-state index >= 15 is 0 Å². The molecule has 0 radical (unpaired) electrons. The Bertz CT molecular complexity index is 930. The van der Waals surface area contributed by atoms with Crippen molar-refractivity contribution in [2.24, 2.45) is 5.73 Å². The van der Waals surface area contributed by atoms with Crippen LogP contribution in [0.25, 0.3) is 0 Å². The summed E-state index contributed by atoms with van der Waals surface area (Å²) >= 11 is 0. The van der Waals surface area contributed by atoms with Gasteiger partial charge in [-0.3, -0.25) is 14.9 Å². The number of nitro groups is 1. The quantitative estimate of drug-likeness (QED) is 0.458. The van der Waals surface area contributed by atoms with Crippen LogP contribution in [0.5, 0.6) is 0 Å². The van der Waals surface area contributed by atoms with Crippen molar-refractivity contribution in [3.05, 3.63) is 51.8 Å². The van der Waals surface area contributed by atoms with Crippen molar-refractivity contribution in [3.63, 3.8) is 0 Å². The van der Waals surface area contributed by atoms with Crippen molar-refractivity contribution in [3.8, 4) is 0 Å². The lowest BCUT2D eigenvalue weighted by atomic mass is 9.90. The predicted molar refractivity (Wildman–Crippen MR) is 98.0 cm³/mol. The minimum absolute atomic E-state index is 0.0366. The maximum absolute atomic E-state index is 12.0. The highest BCUT2D eigenvalue weighted by atomic mass is 16.6. The number of pyridine rings is 2. The predicted octanol–water partition coefficient (Wildman–Crippen LogP) is -0.413. The van der Waals surface area contributed by atoms with Crippen LogP contribution in [0.4, 0.5) is 17.3 Å². The first kappa shape index (κ1) is 18.1. The molecular weight excluding hydrogens is 368 g/mol. The Morgan fingerprint density at radius 3 is 2.43 bits per heavy atom. The highest BCUT2D eigenvalue weighted by molar-refractivity contribution is 5.93. The molecule has 0 saturated carbocycles. The molecule has 4 heterocycles. The van der Waals surface area contributed by atoms with Gasteiger partial charge in [0.1, 0.15) is 23.5 Å². The molecule has 0 aliphatic carbocycles. The van der Waals surface area contributed by atoms with Crippen molar-refractivity contribution in [2.45, 2.75) is 18.2 Å². The Labute approximate surface area is 159 Å². The molecule has 2 aliphatic heterocycles. The van der Waals surface area contributed by atoms with Gasteiger partial charge in [-0.15, -0.1) is 0 Å². The van der Waals surface area contributed by atoms with Crippen LogP contribution in [-0.2, 0) is 0 Å². The van der Waals surface area contributed by atoms with E-state index in [0.29, 0.717) is 30.3 Å². The van der Waals surface area contributed by atoms with Crippen LogP contribution in [0, 0.1) is 10.1 Å². The van der Waals surface area contributed by atoms with Crippen LogP contribution < -0.4 is 15.5 Å². The number of primary amides is 1. The summed E-state index contributed by atoms with van der Waals surface area (Å²) in [7, 11) is 0. The summed E-state index contributed by atoms with van der Waals surface area (Å²) in [6, 6.07) is 5.61. The zero-order chi connectivity index (χ0) is 20.0. The molecular formula is C17H18N6O5. The summed E-state index contributed by atoms with van der Waals surface area (Å²) in [4.78, 5) is 34.2. The smallest absolute Gasteiger partial charge is 0.287 e. The van der Waals surface area contributed by atoms with Gasteiger partial charge in [-0.05, 0) is 12.1 Å². The SMILES string of the molecule is NC(=O)c1nc(N2CC(O)C2)ccc1C1C(O)CN1c1ccc([N+](=O)[O-])cn1. The first-order valence-electron chi connectivity index (χ1n) is 8.64. The number of aromatic nitrogens is 2. The summed E-state index contributed by atoms with van der Waals surface area (Å²) < 4.78 is 0. The van der Waals surface area contributed by atoms with Gasteiger partial charge < -0.3 is 25.7 Å². The number of aliphatic hydroxyl groups is 2. The fourth-order valence-electron chi connectivity index (χ4n) is 3.47. The molecule has 1 amide bonds. The number of nitrogens with two attached hydrogens (primary N) is 1. The van der Waals surface area contributed by atoms with Crippen molar-refractivity contribution in [1.82, 2.24) is 9.97 Å². The van der Waals surface area contributed by atoms with Crippen LogP contribution in [0.15, 0.2) is 30.5 Å². The van der Waals surface area contributed by atoms with Crippen LogP contribution in [0.1, 0.15) is 22.1 Å². The van der Waals surface area contributed by atoms with Crippen LogP contribution >= 0.6 is 0 Å². The summed E-state index contributed by atoms with van der Waals surface area (Å²) in [6.07, 6.45) is -0.0490. The molecule has 2 unspecified atom stereocenters. The Balaban J connectivity index is 1.64. The summed E-state index contributed by atoms with van der Waals surface area (Å²) in [5.74, 6) is 0.233. The van der Waals surface area contributed by atoms with Crippen molar-refractivity contribution >= 4 is 23.2 Å². The number of hydrogen-bond donors (Lipinski definition) is 3. The number of β-amino-alcohol motifs (C(OH)–C–C–N with tert-alkyl or cyclic N) is 2. The third-order valence-electron chi connectivity index (χ3n) is 4.97. The normalized spacial score (nSPS) is 21.8. The molecule has 4 N–H and O–H groups in total. The fraction of sp³-hybridized carbons (Fsp3) is 0.353. The number of amides is 1. The van der Waals surface area contributed by atoms with Gasteiger partial charge in [0, 0.05) is 31.3 Å². The molecule has 2 aromatic heterocycles. The Morgan fingerprint density at radius 2 is 1.89 bits per heavy atom. The molecule has 11 heteroatoms. The van der Waals surface area contributed by atoms with Crippen LogP contribution in [0.3, 0.4) is 0 Å². The van der Waals surface area contributed by atoms with E-state index in [1.54, 1.807) is 17.0 Å². The Kier molecular flexibility index (Phi) is 4.32. The highest BCUT2D eigenvalue weighted by Crippen LogP contribution is 2.39. The number of carbonyl (C=O) groups is 1. The van der Waals surface area contributed by atoms with Gasteiger partial charge in [0.05, 0.1) is 23.2 Å². The lowest BCUT2D eigenvalue weighted by Crippen LogP contribution is -2.55. The zero-order valence-corrected chi connectivity index (χ0v) is 14.7. The average Bonchev–Trinajstić information content (AvgIpc) is 2.64. The first-order valence-corrected chi connectivity index (χ1v) is 8.64. The fourth-order valence-corrected chi connectivity index (χ4v) is 3.47. The van der Waals surface area contributed by atoms with E-state index < -0.39 is 29.1 Å². The third-order valence-corrected chi connectivity index (χ3v) is 4.97. The molecule has 2 saturated heterocycles.